The molecule has 1 rings (SSSR count). The molecule has 0 fully saturated rings. The smallest absolute Gasteiger partial charge is 0.122 e. The number of unbranched alkanes of at least 4 members (excludes halogenated alkanes) is 1. The summed E-state index contributed by atoms with van der Waals surface area (Å²) >= 11 is 0. The van der Waals surface area contributed by atoms with Crippen LogP contribution in [0.2, 0.25) is 0 Å². The molecule has 0 unspecified atom stereocenters. The second kappa shape index (κ2) is 4.32. The highest BCUT2D eigenvalue weighted by molar-refractivity contribution is 5.27. The summed E-state index contributed by atoms with van der Waals surface area (Å²) in [7, 11) is 0. The Hall–Kier alpha value is -0.590. The Bertz CT molecular complexity index is 177. The van der Waals surface area contributed by atoms with Crippen LogP contribution in [0.5, 0.6) is 0 Å². The molecule has 0 radical (unpaired) electrons. The Morgan fingerprint density at radius 3 is 2.73 bits per heavy atom. The fourth-order valence-electron chi connectivity index (χ4n) is 1.28. The van der Waals surface area contributed by atoms with Crippen LogP contribution in [0.3, 0.4) is 0 Å². The maximum Gasteiger partial charge on any atom is 0.122 e. The molecule has 0 nitrogen and oxygen atoms in total. The van der Waals surface area contributed by atoms with Crippen molar-refractivity contribution in [2.75, 3.05) is 0 Å². The summed E-state index contributed by atoms with van der Waals surface area (Å²) in [5.74, 6) is 0.0182. The first-order valence-corrected chi connectivity index (χ1v) is 4.39. The Kier molecular flexibility index (Phi) is 3.34. The van der Waals surface area contributed by atoms with Crippen molar-refractivity contribution in [3.8, 4) is 0 Å². The molecule has 0 aliphatic heterocycles. The summed E-state index contributed by atoms with van der Waals surface area (Å²) < 4.78 is 13.0. The van der Waals surface area contributed by atoms with Crippen LogP contribution in [0, 0.1) is 0 Å². The summed E-state index contributed by atoms with van der Waals surface area (Å²) in [4.78, 5) is 0. The Morgan fingerprint density at radius 1 is 1.36 bits per heavy atom. The monoisotopic (exact) mass is 154 g/mol. The Balaban J connectivity index is 2.43. The van der Waals surface area contributed by atoms with Gasteiger partial charge in [0.25, 0.3) is 0 Å². The van der Waals surface area contributed by atoms with Crippen molar-refractivity contribution in [2.45, 2.75) is 39.0 Å². The molecule has 0 aromatic carbocycles. The van der Waals surface area contributed by atoms with E-state index in [0.29, 0.717) is 0 Å². The van der Waals surface area contributed by atoms with E-state index in [-0.39, 0.29) is 5.83 Å². The third-order valence-electron chi connectivity index (χ3n) is 1.99. The van der Waals surface area contributed by atoms with Crippen molar-refractivity contribution in [1.82, 2.24) is 0 Å². The number of hydrogen-bond donors (Lipinski definition) is 0. The molecule has 0 atom stereocenters. The van der Waals surface area contributed by atoms with Crippen molar-refractivity contribution in [3.63, 3.8) is 0 Å². The van der Waals surface area contributed by atoms with Crippen LogP contribution in [0.4, 0.5) is 4.39 Å². The van der Waals surface area contributed by atoms with Crippen LogP contribution in [-0.4, -0.2) is 0 Å². The van der Waals surface area contributed by atoms with Crippen LogP contribution < -0.4 is 0 Å². The number of halogens is 1. The van der Waals surface area contributed by atoms with Crippen molar-refractivity contribution in [2.24, 2.45) is 0 Å². The molecule has 0 saturated heterocycles. The molecule has 0 aromatic rings. The van der Waals surface area contributed by atoms with Gasteiger partial charge in [0.2, 0.25) is 0 Å². The van der Waals surface area contributed by atoms with E-state index in [1.165, 1.54) is 0 Å². The van der Waals surface area contributed by atoms with Gasteiger partial charge in [0, 0.05) is 0 Å². The predicted octanol–water partition coefficient (Wildman–Crippen LogP) is 3.75. The van der Waals surface area contributed by atoms with E-state index in [9.17, 15) is 4.39 Å². The zero-order valence-corrected chi connectivity index (χ0v) is 7.07. The normalized spacial score (nSPS) is 17.6. The summed E-state index contributed by atoms with van der Waals surface area (Å²) in [6, 6.07) is 0. The second-order valence-electron chi connectivity index (χ2n) is 2.96. The zero-order valence-electron chi connectivity index (χ0n) is 7.07. The molecular formula is C10H15F. The van der Waals surface area contributed by atoms with E-state index in [2.05, 4.69) is 6.92 Å². The molecule has 0 heterocycles. The molecule has 62 valence electrons. The van der Waals surface area contributed by atoms with Gasteiger partial charge in [-0.3, -0.25) is 0 Å². The van der Waals surface area contributed by atoms with E-state index < -0.39 is 0 Å². The van der Waals surface area contributed by atoms with Crippen molar-refractivity contribution >= 4 is 0 Å². The van der Waals surface area contributed by atoms with E-state index >= 15 is 0 Å². The molecule has 11 heavy (non-hydrogen) atoms. The molecule has 0 saturated carbocycles. The maximum atomic E-state index is 13.0. The van der Waals surface area contributed by atoms with Gasteiger partial charge in [0.05, 0.1) is 0 Å². The van der Waals surface area contributed by atoms with Crippen molar-refractivity contribution < 1.29 is 4.39 Å². The quantitative estimate of drug-likeness (QED) is 0.580. The lowest BCUT2D eigenvalue weighted by molar-refractivity contribution is 0.613. The topological polar surface area (TPSA) is 0 Å². The SMILES string of the molecule is CCCCC1=CCCC=C1F. The van der Waals surface area contributed by atoms with Crippen molar-refractivity contribution in [3.05, 3.63) is 23.6 Å². The molecule has 1 aliphatic rings. The highest BCUT2D eigenvalue weighted by atomic mass is 19.1. The lowest BCUT2D eigenvalue weighted by Crippen LogP contribution is -1.90. The molecule has 0 bridgehead atoms. The number of allylic oxidation sites excluding steroid dienone is 4. The molecular weight excluding hydrogens is 139 g/mol. The van der Waals surface area contributed by atoms with Gasteiger partial charge in [-0.25, -0.2) is 4.39 Å². The van der Waals surface area contributed by atoms with Gasteiger partial charge in [-0.1, -0.05) is 19.4 Å². The summed E-state index contributed by atoms with van der Waals surface area (Å²) in [5, 5.41) is 0. The third-order valence-corrected chi connectivity index (χ3v) is 1.99. The highest BCUT2D eigenvalue weighted by Crippen LogP contribution is 2.23. The summed E-state index contributed by atoms with van der Waals surface area (Å²) in [6.07, 6.45) is 8.79. The van der Waals surface area contributed by atoms with Gasteiger partial charge >= 0.3 is 0 Å². The number of rotatable bonds is 3. The lowest BCUT2D eigenvalue weighted by Gasteiger charge is -2.08. The average Bonchev–Trinajstić information content (AvgIpc) is 2.03. The van der Waals surface area contributed by atoms with Crippen molar-refractivity contribution in [1.29, 1.82) is 0 Å². The van der Waals surface area contributed by atoms with E-state index in [4.69, 9.17) is 0 Å². The van der Waals surface area contributed by atoms with E-state index in [1.54, 1.807) is 6.08 Å². The Labute approximate surface area is 67.8 Å². The average molecular weight is 154 g/mol. The van der Waals surface area contributed by atoms with Gasteiger partial charge in [-0.15, -0.1) is 0 Å². The molecule has 1 aliphatic carbocycles. The minimum atomic E-state index is 0.0182. The first-order valence-electron chi connectivity index (χ1n) is 4.39. The van der Waals surface area contributed by atoms with Crippen LogP contribution in [0.1, 0.15) is 39.0 Å². The first kappa shape index (κ1) is 8.51. The van der Waals surface area contributed by atoms with Crippen LogP contribution >= 0.6 is 0 Å². The van der Waals surface area contributed by atoms with Crippen LogP contribution in [0.15, 0.2) is 23.6 Å². The van der Waals surface area contributed by atoms with E-state index in [0.717, 1.165) is 37.7 Å². The Morgan fingerprint density at radius 2 is 2.09 bits per heavy atom. The minimum absolute atomic E-state index is 0.0182. The fourth-order valence-corrected chi connectivity index (χ4v) is 1.28. The van der Waals surface area contributed by atoms with Gasteiger partial charge in [-0.2, -0.15) is 0 Å². The lowest BCUT2D eigenvalue weighted by atomic mass is 10.0. The van der Waals surface area contributed by atoms with Gasteiger partial charge in [0.1, 0.15) is 5.83 Å². The summed E-state index contributed by atoms with van der Waals surface area (Å²) in [6.45, 7) is 2.13. The van der Waals surface area contributed by atoms with Gasteiger partial charge in [-0.05, 0) is 37.3 Å². The molecule has 0 amide bonds. The first-order chi connectivity index (χ1) is 5.34. The minimum Gasteiger partial charge on any atom is -0.207 e. The summed E-state index contributed by atoms with van der Waals surface area (Å²) in [5.41, 5.74) is 0.929. The number of hydrogen-bond acceptors (Lipinski definition) is 0. The molecule has 0 N–H and O–H groups in total. The van der Waals surface area contributed by atoms with Crippen LogP contribution in [-0.2, 0) is 0 Å². The third kappa shape index (κ3) is 2.49. The molecule has 0 aromatic heterocycles. The standard InChI is InChI=1S/C10H15F/c1-2-3-6-9-7-4-5-8-10(9)11/h7-8H,2-6H2,1H3. The fraction of sp³-hybridized carbons (Fsp3) is 0.600. The maximum absolute atomic E-state index is 13.0. The van der Waals surface area contributed by atoms with Gasteiger partial charge < -0.3 is 0 Å². The second-order valence-corrected chi connectivity index (χ2v) is 2.96. The molecule has 1 heteroatoms. The predicted molar refractivity (Wildman–Crippen MR) is 46.0 cm³/mol. The molecule has 0 spiro atoms. The zero-order chi connectivity index (χ0) is 8.10. The van der Waals surface area contributed by atoms with E-state index in [1.807, 2.05) is 6.08 Å². The van der Waals surface area contributed by atoms with Crippen LogP contribution in [0.25, 0.3) is 0 Å². The highest BCUT2D eigenvalue weighted by Gasteiger charge is 2.06. The van der Waals surface area contributed by atoms with Gasteiger partial charge in [0.15, 0.2) is 0 Å². The largest absolute Gasteiger partial charge is 0.207 e.